The molecule has 0 fully saturated rings. The van der Waals surface area contributed by atoms with Gasteiger partial charge in [-0.1, -0.05) is 0 Å². The van der Waals surface area contributed by atoms with E-state index < -0.39 is 5.97 Å². The lowest BCUT2D eigenvalue weighted by Crippen LogP contribution is -2.34. The number of nitrogens with two attached hydrogens (primary N) is 2. The van der Waals surface area contributed by atoms with Crippen LogP contribution in [0.5, 0.6) is 0 Å². The van der Waals surface area contributed by atoms with Gasteiger partial charge in [0, 0.05) is 0 Å². The van der Waals surface area contributed by atoms with Gasteiger partial charge in [0.15, 0.2) is 5.96 Å². The summed E-state index contributed by atoms with van der Waals surface area (Å²) in [6, 6.07) is 0. The molecule has 0 amide bonds. The number of guanidine groups is 1. The molecular weight excluding hydrogens is 176 g/mol. The minimum Gasteiger partial charge on any atom is -0.480 e. The average Bonchev–Trinajstić information content (AvgIpc) is 1.89. The molecule has 0 aliphatic heterocycles. The van der Waals surface area contributed by atoms with Gasteiger partial charge in [0.25, 0.3) is 0 Å². The van der Waals surface area contributed by atoms with E-state index in [1.54, 1.807) is 0 Å². The van der Waals surface area contributed by atoms with Gasteiger partial charge in [0.2, 0.25) is 0 Å². The van der Waals surface area contributed by atoms with Crippen molar-refractivity contribution in [3.63, 3.8) is 0 Å². The van der Waals surface area contributed by atoms with Crippen LogP contribution >= 0.6 is 12.4 Å². The Morgan fingerprint density at radius 2 is 1.91 bits per heavy atom. The minimum absolute atomic E-state index is 0. The first-order valence-electron chi connectivity index (χ1n) is 2.18. The van der Waals surface area contributed by atoms with E-state index in [9.17, 15) is 4.79 Å². The Bertz CT molecular complexity index is 105. The molecule has 0 rings (SSSR count). The lowest BCUT2D eigenvalue weighted by Gasteiger charge is -1.95. The number of carbonyl (C=O) groups is 1. The Kier molecular flexibility index (Phi) is 17.6. The van der Waals surface area contributed by atoms with E-state index in [2.05, 4.69) is 11.2 Å². The van der Waals surface area contributed by atoms with Crippen LogP contribution < -0.4 is 16.9 Å². The molecular formula is C3H11ClN4O3. The molecule has 0 saturated heterocycles. The number of aliphatic carboxylic acids is 1. The van der Waals surface area contributed by atoms with Crippen molar-refractivity contribution in [1.82, 2.24) is 5.32 Å². The van der Waals surface area contributed by atoms with Gasteiger partial charge in [-0.3, -0.25) is 10.2 Å². The predicted molar refractivity (Wildman–Crippen MR) is 40.8 cm³/mol. The molecule has 0 bridgehead atoms. The Labute approximate surface area is 69.2 Å². The maximum atomic E-state index is 9.69. The molecule has 0 radical (unpaired) electrons. The summed E-state index contributed by atoms with van der Waals surface area (Å²) in [5.41, 5.74) is 4.75. The van der Waals surface area contributed by atoms with Crippen molar-refractivity contribution in [3.8, 4) is 0 Å². The van der Waals surface area contributed by atoms with Gasteiger partial charge in [0.1, 0.15) is 6.54 Å². The van der Waals surface area contributed by atoms with Crippen molar-refractivity contribution >= 4 is 24.3 Å². The zero-order valence-electron chi connectivity index (χ0n) is 5.57. The van der Waals surface area contributed by atoms with Gasteiger partial charge >= 0.3 is 5.97 Å². The van der Waals surface area contributed by atoms with Gasteiger partial charge in [-0.15, -0.1) is 12.4 Å². The summed E-state index contributed by atoms with van der Waals surface area (Å²) >= 11 is 0. The second-order valence-corrected chi connectivity index (χ2v) is 1.16. The normalized spacial score (nSPS) is 6.36. The quantitative estimate of drug-likeness (QED) is 0.172. The smallest absolute Gasteiger partial charge is 0.322 e. The third-order valence-electron chi connectivity index (χ3n) is 0.430. The highest BCUT2D eigenvalue weighted by Gasteiger charge is 1.92. The van der Waals surface area contributed by atoms with Gasteiger partial charge < -0.3 is 21.4 Å². The van der Waals surface area contributed by atoms with Crippen LogP contribution in [0, 0.1) is 5.41 Å². The number of hydrogen-bond acceptors (Lipinski definition) is 4. The molecule has 8 N–H and O–H groups in total. The van der Waals surface area contributed by atoms with E-state index in [-0.39, 0.29) is 24.9 Å². The molecule has 0 aromatic rings. The third kappa shape index (κ3) is 27.7. The average molecular weight is 187 g/mol. The van der Waals surface area contributed by atoms with Crippen LogP contribution in [-0.2, 0) is 4.79 Å². The topological polar surface area (TPSA) is 145 Å². The van der Waals surface area contributed by atoms with E-state index in [4.69, 9.17) is 21.5 Å². The number of carboxylic acids is 1. The van der Waals surface area contributed by atoms with Crippen molar-refractivity contribution in [2.24, 2.45) is 11.6 Å². The summed E-state index contributed by atoms with van der Waals surface area (Å²) in [6.07, 6.45) is 0. The Hall–Kier alpha value is -1.05. The number of nitrogens with one attached hydrogen (secondary N) is 2. The Balaban J connectivity index is -0.000000196. The minimum atomic E-state index is -1.03. The number of carboxylic acid groups (broad SMARTS) is 1. The number of hydrogen-bond donors (Lipinski definition) is 6. The summed E-state index contributed by atoms with van der Waals surface area (Å²) in [4.78, 5) is 9.69. The van der Waals surface area contributed by atoms with Crippen molar-refractivity contribution < 1.29 is 15.1 Å². The van der Waals surface area contributed by atoms with E-state index in [1.807, 2.05) is 0 Å². The van der Waals surface area contributed by atoms with Gasteiger partial charge in [-0.05, 0) is 0 Å². The predicted octanol–water partition coefficient (Wildman–Crippen LogP) is -1.69. The van der Waals surface area contributed by atoms with E-state index >= 15 is 0 Å². The zero-order chi connectivity index (χ0) is 8.57. The largest absolute Gasteiger partial charge is 0.480 e. The second-order valence-electron chi connectivity index (χ2n) is 1.16. The molecule has 8 heteroatoms. The second kappa shape index (κ2) is 11.7. The standard InChI is InChI=1S/C3H7N3O2.ClH.H3NO/c4-3(5)6-1-2(7)8;;1-2/h1H2,(H,7,8)(H4,4,5,6);1H;2H,1H2. The molecule has 0 aliphatic carbocycles. The van der Waals surface area contributed by atoms with Crippen molar-refractivity contribution in [1.29, 1.82) is 5.41 Å². The molecule has 0 spiro atoms. The van der Waals surface area contributed by atoms with Crippen LogP contribution in [0.2, 0.25) is 0 Å². The summed E-state index contributed by atoms with van der Waals surface area (Å²) in [5, 5.41) is 23.0. The first-order chi connectivity index (χ1) is 4.63. The van der Waals surface area contributed by atoms with E-state index in [1.165, 1.54) is 0 Å². The lowest BCUT2D eigenvalue weighted by atomic mass is 10.6. The number of rotatable bonds is 2. The maximum absolute atomic E-state index is 9.69. The highest BCUT2D eigenvalue weighted by atomic mass is 35.5. The van der Waals surface area contributed by atoms with Gasteiger partial charge in [-0.25, -0.2) is 5.90 Å². The SMILES string of the molecule is Cl.N=C(N)NCC(=O)O.NO. The van der Waals surface area contributed by atoms with Crippen LogP contribution in [0.15, 0.2) is 0 Å². The van der Waals surface area contributed by atoms with Crippen LogP contribution in [0.1, 0.15) is 0 Å². The van der Waals surface area contributed by atoms with Crippen LogP contribution in [-0.4, -0.2) is 28.8 Å². The van der Waals surface area contributed by atoms with Gasteiger partial charge in [0.05, 0.1) is 0 Å². The number of halogens is 1. The fraction of sp³-hybridized carbons (Fsp3) is 0.333. The Morgan fingerprint density at radius 3 is 2.00 bits per heavy atom. The summed E-state index contributed by atoms with van der Waals surface area (Å²) in [5.74, 6) is 2.15. The lowest BCUT2D eigenvalue weighted by molar-refractivity contribution is -0.135. The van der Waals surface area contributed by atoms with Crippen LogP contribution in [0.4, 0.5) is 0 Å². The first kappa shape index (κ1) is 16.5. The van der Waals surface area contributed by atoms with Crippen molar-refractivity contribution in [2.45, 2.75) is 0 Å². The highest BCUT2D eigenvalue weighted by molar-refractivity contribution is 5.85. The van der Waals surface area contributed by atoms with Crippen molar-refractivity contribution in [2.75, 3.05) is 6.54 Å². The van der Waals surface area contributed by atoms with Crippen molar-refractivity contribution in [3.05, 3.63) is 0 Å². The fourth-order valence-electron chi connectivity index (χ4n) is 0.171. The third-order valence-corrected chi connectivity index (χ3v) is 0.430. The highest BCUT2D eigenvalue weighted by Crippen LogP contribution is 1.55. The van der Waals surface area contributed by atoms with E-state index in [0.717, 1.165) is 0 Å². The molecule has 68 valence electrons. The Morgan fingerprint density at radius 1 is 1.55 bits per heavy atom. The first-order valence-corrected chi connectivity index (χ1v) is 2.18. The molecule has 0 aromatic carbocycles. The van der Waals surface area contributed by atoms with Crippen LogP contribution in [0.25, 0.3) is 0 Å². The van der Waals surface area contributed by atoms with Gasteiger partial charge in [-0.2, -0.15) is 0 Å². The molecule has 0 aromatic heterocycles. The maximum Gasteiger partial charge on any atom is 0.322 e. The molecule has 0 atom stereocenters. The molecule has 0 unspecified atom stereocenters. The van der Waals surface area contributed by atoms with Crippen LogP contribution in [0.3, 0.4) is 0 Å². The molecule has 7 nitrogen and oxygen atoms in total. The summed E-state index contributed by atoms with van der Waals surface area (Å²) in [6.45, 7) is -0.296. The molecule has 0 aliphatic rings. The molecule has 11 heavy (non-hydrogen) atoms. The molecule has 0 saturated carbocycles. The molecule has 0 heterocycles. The summed E-state index contributed by atoms with van der Waals surface area (Å²) in [7, 11) is 0. The fourth-order valence-corrected chi connectivity index (χ4v) is 0.171. The zero-order valence-corrected chi connectivity index (χ0v) is 6.39. The summed E-state index contributed by atoms with van der Waals surface area (Å²) < 4.78 is 0. The van der Waals surface area contributed by atoms with E-state index in [0.29, 0.717) is 0 Å². The monoisotopic (exact) mass is 186 g/mol.